The van der Waals surface area contributed by atoms with Crippen molar-refractivity contribution in [3.63, 3.8) is 0 Å². The highest BCUT2D eigenvalue weighted by Gasteiger charge is 2.28. The first-order valence-electron chi connectivity index (χ1n) is 5.21. The molecule has 1 aromatic carbocycles. The minimum absolute atomic E-state index is 0.103. The Morgan fingerprint density at radius 3 is 2.69 bits per heavy atom. The molecular weight excluding hydrogens is 275 g/mol. The molecule has 0 spiro atoms. The molecule has 2 nitrogen and oxygen atoms in total. The van der Waals surface area contributed by atoms with Crippen LogP contribution in [0.2, 0.25) is 0 Å². The average molecular weight is 291 g/mol. The third kappa shape index (κ3) is 3.27. The summed E-state index contributed by atoms with van der Waals surface area (Å²) in [7, 11) is 0. The van der Waals surface area contributed by atoms with Crippen LogP contribution in [0.4, 0.5) is 4.39 Å². The second kappa shape index (κ2) is 5.25. The van der Waals surface area contributed by atoms with Gasteiger partial charge >= 0.3 is 0 Å². The quantitative estimate of drug-likeness (QED) is 0.895. The van der Waals surface area contributed by atoms with Crippen LogP contribution < -0.4 is 0 Å². The molecule has 1 rings (SSSR count). The van der Waals surface area contributed by atoms with Gasteiger partial charge in [-0.2, -0.15) is 0 Å². The van der Waals surface area contributed by atoms with E-state index in [4.69, 9.17) is 0 Å². The molecule has 0 aliphatic heterocycles. The fraction of sp³-hybridized carbons (Fsp3) is 0.500. The van der Waals surface area contributed by atoms with E-state index in [-0.39, 0.29) is 12.2 Å². The van der Waals surface area contributed by atoms with Crippen LogP contribution >= 0.6 is 15.9 Å². The van der Waals surface area contributed by atoms with Gasteiger partial charge in [0.15, 0.2) is 0 Å². The average Bonchev–Trinajstić information content (AvgIpc) is 2.23. The van der Waals surface area contributed by atoms with Gasteiger partial charge in [-0.25, -0.2) is 4.39 Å². The maximum Gasteiger partial charge on any atom is 0.126 e. The van der Waals surface area contributed by atoms with Crippen LogP contribution in [0.15, 0.2) is 22.7 Å². The molecule has 2 atom stereocenters. The van der Waals surface area contributed by atoms with Crippen molar-refractivity contribution in [2.45, 2.75) is 38.4 Å². The van der Waals surface area contributed by atoms with Crippen LogP contribution in [0.1, 0.15) is 25.8 Å². The zero-order valence-electron chi connectivity index (χ0n) is 9.37. The summed E-state index contributed by atoms with van der Waals surface area (Å²) in [6.07, 6.45) is -0.447. The van der Waals surface area contributed by atoms with Crippen molar-refractivity contribution < 1.29 is 14.6 Å². The van der Waals surface area contributed by atoms with E-state index in [9.17, 15) is 14.6 Å². The fourth-order valence-corrected chi connectivity index (χ4v) is 1.77. The van der Waals surface area contributed by atoms with Crippen molar-refractivity contribution in [3.05, 3.63) is 34.1 Å². The van der Waals surface area contributed by atoms with Crippen LogP contribution in [0.25, 0.3) is 0 Å². The van der Waals surface area contributed by atoms with Crippen molar-refractivity contribution in [3.8, 4) is 0 Å². The summed E-state index contributed by atoms with van der Waals surface area (Å²) in [6.45, 7) is 3.33. The SMILES string of the molecule is CCC(C)(O)C(O)Cc1cc(Br)ccc1F. The van der Waals surface area contributed by atoms with Crippen molar-refractivity contribution >= 4 is 15.9 Å². The Morgan fingerprint density at radius 2 is 2.12 bits per heavy atom. The predicted octanol–water partition coefficient (Wildman–Crippen LogP) is 2.65. The summed E-state index contributed by atoms with van der Waals surface area (Å²) in [6, 6.07) is 4.56. The summed E-state index contributed by atoms with van der Waals surface area (Å²) < 4.78 is 14.2. The number of halogens is 2. The van der Waals surface area contributed by atoms with Gasteiger partial charge in [0.05, 0.1) is 11.7 Å². The molecule has 0 bridgehead atoms. The lowest BCUT2D eigenvalue weighted by atomic mass is 9.91. The summed E-state index contributed by atoms with van der Waals surface area (Å²) in [5.74, 6) is -0.367. The highest BCUT2D eigenvalue weighted by atomic mass is 79.9. The van der Waals surface area contributed by atoms with Crippen LogP contribution in [0, 0.1) is 5.82 Å². The van der Waals surface area contributed by atoms with E-state index in [1.165, 1.54) is 6.07 Å². The predicted molar refractivity (Wildman–Crippen MR) is 64.7 cm³/mol. The Hall–Kier alpha value is -0.450. The Morgan fingerprint density at radius 1 is 1.50 bits per heavy atom. The lowest BCUT2D eigenvalue weighted by molar-refractivity contribution is -0.0632. The summed E-state index contributed by atoms with van der Waals surface area (Å²) in [5, 5.41) is 19.6. The fourth-order valence-electron chi connectivity index (χ4n) is 1.36. The van der Waals surface area contributed by atoms with Gasteiger partial charge in [-0.3, -0.25) is 0 Å². The maximum absolute atomic E-state index is 13.4. The molecule has 0 saturated heterocycles. The molecule has 2 unspecified atom stereocenters. The number of hydrogen-bond donors (Lipinski definition) is 2. The molecule has 4 heteroatoms. The van der Waals surface area contributed by atoms with Gasteiger partial charge < -0.3 is 10.2 Å². The molecule has 90 valence electrons. The first kappa shape index (κ1) is 13.6. The third-order valence-electron chi connectivity index (χ3n) is 2.85. The van der Waals surface area contributed by atoms with Crippen LogP contribution in [0.5, 0.6) is 0 Å². The Kier molecular flexibility index (Phi) is 4.47. The number of aliphatic hydroxyl groups is 2. The smallest absolute Gasteiger partial charge is 0.126 e. The van der Waals surface area contributed by atoms with E-state index in [1.807, 2.05) is 0 Å². The van der Waals surface area contributed by atoms with Gasteiger partial charge in [0.2, 0.25) is 0 Å². The monoisotopic (exact) mass is 290 g/mol. The molecular formula is C12H16BrFO2. The van der Waals surface area contributed by atoms with E-state index in [2.05, 4.69) is 15.9 Å². The van der Waals surface area contributed by atoms with E-state index in [0.29, 0.717) is 12.0 Å². The minimum atomic E-state index is -1.19. The normalized spacial score (nSPS) is 16.9. The second-order valence-electron chi connectivity index (χ2n) is 4.17. The van der Waals surface area contributed by atoms with Crippen molar-refractivity contribution in [2.75, 3.05) is 0 Å². The minimum Gasteiger partial charge on any atom is -0.390 e. The van der Waals surface area contributed by atoms with Crippen LogP contribution in [-0.4, -0.2) is 21.9 Å². The van der Waals surface area contributed by atoms with Gasteiger partial charge in [0, 0.05) is 10.9 Å². The van der Waals surface area contributed by atoms with Gasteiger partial charge in [0.25, 0.3) is 0 Å². The molecule has 0 amide bonds. The van der Waals surface area contributed by atoms with E-state index in [1.54, 1.807) is 26.0 Å². The molecule has 0 radical (unpaired) electrons. The van der Waals surface area contributed by atoms with E-state index in [0.717, 1.165) is 4.47 Å². The van der Waals surface area contributed by atoms with Gasteiger partial charge in [-0.05, 0) is 37.1 Å². The first-order chi connectivity index (χ1) is 7.36. The molecule has 0 heterocycles. The topological polar surface area (TPSA) is 40.5 Å². The lowest BCUT2D eigenvalue weighted by Crippen LogP contribution is -2.40. The highest BCUT2D eigenvalue weighted by Crippen LogP contribution is 2.22. The second-order valence-corrected chi connectivity index (χ2v) is 5.08. The van der Waals surface area contributed by atoms with E-state index < -0.39 is 11.7 Å². The number of hydrogen-bond acceptors (Lipinski definition) is 2. The molecule has 2 N–H and O–H groups in total. The molecule has 1 aromatic rings. The summed E-state index contributed by atoms with van der Waals surface area (Å²) in [4.78, 5) is 0. The Labute approximate surface area is 103 Å². The van der Waals surface area contributed by atoms with Crippen molar-refractivity contribution in [1.82, 2.24) is 0 Å². The molecule has 0 aromatic heterocycles. The van der Waals surface area contributed by atoms with E-state index >= 15 is 0 Å². The lowest BCUT2D eigenvalue weighted by Gasteiger charge is -2.27. The zero-order chi connectivity index (χ0) is 12.3. The Balaban J connectivity index is 2.84. The first-order valence-corrected chi connectivity index (χ1v) is 6.00. The van der Waals surface area contributed by atoms with Crippen molar-refractivity contribution in [1.29, 1.82) is 0 Å². The molecule has 0 aliphatic carbocycles. The van der Waals surface area contributed by atoms with Gasteiger partial charge in [0.1, 0.15) is 5.82 Å². The van der Waals surface area contributed by atoms with Gasteiger partial charge in [-0.15, -0.1) is 0 Å². The standard InChI is InChI=1S/C12H16BrFO2/c1-3-12(2,16)11(15)7-8-6-9(13)4-5-10(8)14/h4-6,11,15-16H,3,7H2,1-2H3. The zero-order valence-corrected chi connectivity index (χ0v) is 11.0. The third-order valence-corrected chi connectivity index (χ3v) is 3.35. The number of rotatable bonds is 4. The van der Waals surface area contributed by atoms with Crippen LogP contribution in [0.3, 0.4) is 0 Å². The molecule has 16 heavy (non-hydrogen) atoms. The van der Waals surface area contributed by atoms with Gasteiger partial charge in [-0.1, -0.05) is 22.9 Å². The summed E-state index contributed by atoms with van der Waals surface area (Å²) >= 11 is 3.24. The largest absolute Gasteiger partial charge is 0.390 e. The highest BCUT2D eigenvalue weighted by molar-refractivity contribution is 9.10. The van der Waals surface area contributed by atoms with Crippen LogP contribution in [-0.2, 0) is 6.42 Å². The number of benzene rings is 1. The summed E-state index contributed by atoms with van der Waals surface area (Å²) in [5.41, 5.74) is -0.787. The molecule has 0 aliphatic rings. The van der Waals surface area contributed by atoms with Crippen molar-refractivity contribution in [2.24, 2.45) is 0 Å². The number of aliphatic hydroxyl groups excluding tert-OH is 1. The molecule has 0 fully saturated rings. The molecule has 0 saturated carbocycles. The Bertz CT molecular complexity index is 366. The maximum atomic E-state index is 13.4.